The smallest absolute Gasteiger partial charge is 0.336 e. The summed E-state index contributed by atoms with van der Waals surface area (Å²) in [7, 11) is 0. The molecule has 1 aromatic heterocycles. The molecule has 0 unspecified atom stereocenters. The van der Waals surface area contributed by atoms with Crippen LogP contribution in [0.3, 0.4) is 0 Å². The van der Waals surface area contributed by atoms with Crippen molar-refractivity contribution in [1.29, 1.82) is 0 Å². The number of carboxylic acids is 1. The van der Waals surface area contributed by atoms with Crippen molar-refractivity contribution in [3.05, 3.63) is 60.0 Å². The minimum absolute atomic E-state index is 0.0720. The predicted molar refractivity (Wildman–Crippen MR) is 81.4 cm³/mol. The Hall–Kier alpha value is -2.24. The van der Waals surface area contributed by atoms with E-state index in [0.29, 0.717) is 11.3 Å². The van der Waals surface area contributed by atoms with Crippen LogP contribution in [0.2, 0.25) is 0 Å². The van der Waals surface area contributed by atoms with Gasteiger partial charge in [-0.2, -0.15) is 0 Å². The van der Waals surface area contributed by atoms with Crippen molar-refractivity contribution in [1.82, 2.24) is 4.98 Å². The minimum atomic E-state index is -1.83. The Morgan fingerprint density at radius 3 is 2.59 bits per heavy atom. The number of aromatic carboxylic acids is 1. The van der Waals surface area contributed by atoms with Gasteiger partial charge >= 0.3 is 10.5 Å². The van der Waals surface area contributed by atoms with Crippen LogP contribution in [0.5, 0.6) is 5.75 Å². The fourth-order valence-electron chi connectivity index (χ4n) is 1.86. The molecule has 3 aromatic rings. The van der Waals surface area contributed by atoms with Gasteiger partial charge in [0.25, 0.3) is 5.89 Å². The number of oxazole rings is 1. The quantitative estimate of drug-likeness (QED) is 0.722. The van der Waals surface area contributed by atoms with Crippen molar-refractivity contribution >= 4 is 40.3 Å². The number of fused-ring (bicyclic) bond motifs is 1. The monoisotopic (exact) mass is 337 g/mol. The number of para-hydroxylation sites is 1. The molecule has 2 aromatic carbocycles. The van der Waals surface area contributed by atoms with E-state index < -0.39 is 10.5 Å². The fraction of sp³-hybridized carbons (Fsp3) is 0.0667. The Bertz CT molecular complexity index is 830. The van der Waals surface area contributed by atoms with Gasteiger partial charge in [-0.25, -0.2) is 9.78 Å². The number of benzene rings is 2. The second-order valence-corrected chi connectivity index (χ2v) is 5.70. The highest BCUT2D eigenvalue weighted by molar-refractivity contribution is 6.46. The van der Waals surface area contributed by atoms with Crippen LogP contribution in [0.25, 0.3) is 11.1 Å². The zero-order chi connectivity index (χ0) is 15.7. The summed E-state index contributed by atoms with van der Waals surface area (Å²) in [4.78, 5) is 15.1. The van der Waals surface area contributed by atoms with Crippen LogP contribution in [-0.2, 0) is 4.52 Å². The molecule has 3 rings (SSSR count). The Morgan fingerprint density at radius 2 is 1.91 bits per heavy atom. The number of alkyl halides is 2. The Kier molecular flexibility index (Phi) is 3.68. The summed E-state index contributed by atoms with van der Waals surface area (Å²) < 4.78 is 9.06. The number of ether oxygens (including phenoxy) is 1. The van der Waals surface area contributed by atoms with Gasteiger partial charge in [0, 0.05) is 0 Å². The zero-order valence-corrected chi connectivity index (χ0v) is 12.5. The van der Waals surface area contributed by atoms with Crippen LogP contribution in [0.4, 0.5) is 0 Å². The van der Waals surface area contributed by atoms with Crippen molar-refractivity contribution in [2.75, 3.05) is 0 Å². The molecule has 7 heteroatoms. The highest BCUT2D eigenvalue weighted by Crippen LogP contribution is 2.37. The van der Waals surface area contributed by atoms with E-state index in [1.807, 2.05) is 6.07 Å². The maximum Gasteiger partial charge on any atom is 0.336 e. The third-order valence-electron chi connectivity index (χ3n) is 2.87. The molecule has 112 valence electrons. The highest BCUT2D eigenvalue weighted by atomic mass is 35.5. The molecule has 0 saturated carbocycles. The molecule has 1 N–H and O–H groups in total. The van der Waals surface area contributed by atoms with Gasteiger partial charge in [0.15, 0.2) is 5.58 Å². The first-order valence-electron chi connectivity index (χ1n) is 6.22. The van der Waals surface area contributed by atoms with Gasteiger partial charge in [-0.05, 0) is 53.5 Å². The standard InChI is InChI=1S/C15H9Cl2NO4/c16-15(17,22-10-4-2-1-3-5-10)14-18-11-7-6-9(13(19)20)8-12(11)21-14/h1-8H,(H,19,20). The Balaban J connectivity index is 1.96. The van der Waals surface area contributed by atoms with Crippen LogP contribution in [-0.4, -0.2) is 16.1 Å². The van der Waals surface area contributed by atoms with Crippen LogP contribution in [0.15, 0.2) is 52.9 Å². The molecule has 0 saturated heterocycles. The summed E-state index contributed by atoms with van der Waals surface area (Å²) in [5.74, 6) is -0.693. The number of rotatable bonds is 4. The maximum absolute atomic E-state index is 11.0. The molecule has 0 spiro atoms. The average Bonchev–Trinajstić information content (AvgIpc) is 2.91. The van der Waals surface area contributed by atoms with Crippen LogP contribution < -0.4 is 4.74 Å². The molecule has 0 atom stereocenters. The van der Waals surface area contributed by atoms with Crippen LogP contribution in [0.1, 0.15) is 16.2 Å². The Labute approximate surface area is 135 Å². The molecule has 0 aliphatic heterocycles. The number of aromatic nitrogens is 1. The summed E-state index contributed by atoms with van der Waals surface area (Å²) >= 11 is 12.3. The topological polar surface area (TPSA) is 72.6 Å². The molecule has 0 fully saturated rings. The minimum Gasteiger partial charge on any atom is -0.478 e. The van der Waals surface area contributed by atoms with Gasteiger partial charge < -0.3 is 14.3 Å². The van der Waals surface area contributed by atoms with E-state index in [0.717, 1.165) is 0 Å². The third kappa shape index (κ3) is 2.86. The summed E-state index contributed by atoms with van der Waals surface area (Å²) in [5, 5.41) is 8.97. The molecule has 0 amide bonds. The first-order valence-corrected chi connectivity index (χ1v) is 6.97. The largest absolute Gasteiger partial charge is 0.478 e. The molecule has 0 radical (unpaired) electrons. The second kappa shape index (κ2) is 5.51. The Morgan fingerprint density at radius 1 is 1.18 bits per heavy atom. The van der Waals surface area contributed by atoms with Gasteiger partial charge in [0.05, 0.1) is 5.56 Å². The van der Waals surface area contributed by atoms with Gasteiger partial charge in [-0.15, -0.1) is 0 Å². The molecule has 0 aliphatic rings. The van der Waals surface area contributed by atoms with Crippen LogP contribution >= 0.6 is 23.2 Å². The number of hydrogen-bond donors (Lipinski definition) is 1. The van der Waals surface area contributed by atoms with Crippen molar-refractivity contribution in [2.45, 2.75) is 4.52 Å². The summed E-state index contributed by atoms with van der Waals surface area (Å²) in [6.07, 6.45) is 0. The predicted octanol–water partition coefficient (Wildman–Crippen LogP) is 4.19. The number of carbonyl (C=O) groups is 1. The van der Waals surface area contributed by atoms with Crippen molar-refractivity contribution in [2.24, 2.45) is 0 Å². The summed E-state index contributed by atoms with van der Waals surface area (Å²) in [5.41, 5.74) is 0.772. The second-order valence-electron chi connectivity index (χ2n) is 4.44. The first-order chi connectivity index (χ1) is 10.5. The van der Waals surface area contributed by atoms with E-state index in [1.165, 1.54) is 18.2 Å². The highest BCUT2D eigenvalue weighted by Gasteiger charge is 2.35. The molecular weight excluding hydrogens is 329 g/mol. The van der Waals surface area contributed by atoms with E-state index in [1.54, 1.807) is 24.3 Å². The van der Waals surface area contributed by atoms with E-state index in [-0.39, 0.29) is 17.0 Å². The van der Waals surface area contributed by atoms with Crippen molar-refractivity contribution in [3.8, 4) is 5.75 Å². The van der Waals surface area contributed by atoms with E-state index >= 15 is 0 Å². The molecule has 1 heterocycles. The molecular formula is C15H9Cl2NO4. The lowest BCUT2D eigenvalue weighted by molar-refractivity contribution is 0.0697. The van der Waals surface area contributed by atoms with Gasteiger partial charge in [-0.1, -0.05) is 18.2 Å². The molecule has 0 bridgehead atoms. The number of halogens is 2. The lowest BCUT2D eigenvalue weighted by atomic mass is 10.2. The zero-order valence-electron chi connectivity index (χ0n) is 11.0. The summed E-state index contributed by atoms with van der Waals surface area (Å²) in [6.45, 7) is 0. The third-order valence-corrected chi connectivity index (χ3v) is 3.35. The van der Waals surface area contributed by atoms with Gasteiger partial charge in [0.2, 0.25) is 0 Å². The summed E-state index contributed by atoms with van der Waals surface area (Å²) in [6, 6.07) is 13.0. The van der Waals surface area contributed by atoms with E-state index in [2.05, 4.69) is 4.98 Å². The normalized spacial score (nSPS) is 11.5. The number of carboxylic acid groups (broad SMARTS) is 1. The van der Waals surface area contributed by atoms with Crippen LogP contribution in [0, 0.1) is 0 Å². The average molecular weight is 338 g/mol. The SMILES string of the molecule is O=C(O)c1ccc2nc(C(Cl)(Cl)Oc3ccccc3)oc2c1. The fourth-order valence-corrected chi connectivity index (χ4v) is 2.20. The molecule has 22 heavy (non-hydrogen) atoms. The molecule has 5 nitrogen and oxygen atoms in total. The lowest BCUT2D eigenvalue weighted by Crippen LogP contribution is -2.19. The van der Waals surface area contributed by atoms with Crippen molar-refractivity contribution in [3.63, 3.8) is 0 Å². The van der Waals surface area contributed by atoms with E-state index in [9.17, 15) is 4.79 Å². The van der Waals surface area contributed by atoms with Gasteiger partial charge in [-0.3, -0.25) is 0 Å². The lowest BCUT2D eigenvalue weighted by Gasteiger charge is -2.17. The van der Waals surface area contributed by atoms with Gasteiger partial charge in [0.1, 0.15) is 11.3 Å². The molecule has 0 aliphatic carbocycles. The maximum atomic E-state index is 11.0. The number of nitrogens with zero attached hydrogens (tertiary/aromatic N) is 1. The van der Waals surface area contributed by atoms with Crippen molar-refractivity contribution < 1.29 is 19.1 Å². The first kappa shape index (κ1) is 14.7. The number of hydrogen-bond acceptors (Lipinski definition) is 4. The van der Waals surface area contributed by atoms with E-state index in [4.69, 9.17) is 37.5 Å².